The topological polar surface area (TPSA) is 84.8 Å². The number of aryl methyl sites for hydroxylation is 2. The van der Waals surface area contributed by atoms with Crippen LogP contribution < -0.4 is 14.8 Å². The summed E-state index contributed by atoms with van der Waals surface area (Å²) < 4.78 is 30.8. The molecule has 0 aliphatic carbocycles. The highest BCUT2D eigenvalue weighted by atomic mass is 32.2. The number of carbonyl (C=O) groups is 2. The summed E-state index contributed by atoms with van der Waals surface area (Å²) in [6, 6.07) is 4.54. The maximum Gasteiger partial charge on any atom is 0.276 e. The van der Waals surface area contributed by atoms with Crippen LogP contribution in [0, 0.1) is 18.7 Å². The SMILES string of the molecule is Cc1cc(NC(=O)c2c3c(cn2C)SNC2CN(C(=O)C4(C)CCCO4)CC2CO3)ccc1F. The summed E-state index contributed by atoms with van der Waals surface area (Å²) >= 11 is 1.41. The van der Waals surface area contributed by atoms with E-state index in [0.29, 0.717) is 49.0 Å². The quantitative estimate of drug-likeness (QED) is 0.646. The van der Waals surface area contributed by atoms with E-state index in [-0.39, 0.29) is 29.6 Å². The van der Waals surface area contributed by atoms with Crippen molar-refractivity contribution in [2.45, 2.75) is 43.2 Å². The fraction of sp³-hybridized carbons (Fsp3) is 0.500. The molecule has 10 heteroatoms. The molecule has 34 heavy (non-hydrogen) atoms. The molecule has 2 N–H and O–H groups in total. The lowest BCUT2D eigenvalue weighted by atomic mass is 10.0. The Kier molecular flexibility index (Phi) is 6.07. The van der Waals surface area contributed by atoms with E-state index < -0.39 is 5.60 Å². The average Bonchev–Trinajstić information content (AvgIpc) is 3.49. The van der Waals surface area contributed by atoms with E-state index in [2.05, 4.69) is 10.0 Å². The highest BCUT2D eigenvalue weighted by molar-refractivity contribution is 7.97. The second-order valence-corrected chi connectivity index (χ2v) is 10.4. The highest BCUT2D eigenvalue weighted by Crippen LogP contribution is 2.38. The number of rotatable bonds is 3. The van der Waals surface area contributed by atoms with Crippen molar-refractivity contribution >= 4 is 29.4 Å². The zero-order chi connectivity index (χ0) is 24.0. The van der Waals surface area contributed by atoms with Crippen LogP contribution >= 0.6 is 11.9 Å². The van der Waals surface area contributed by atoms with Gasteiger partial charge in [-0.1, -0.05) is 0 Å². The number of halogens is 1. The first-order valence-corrected chi connectivity index (χ1v) is 12.3. The molecule has 8 nitrogen and oxygen atoms in total. The number of fused-ring (bicyclic) bond motifs is 2. The molecule has 0 saturated carbocycles. The van der Waals surface area contributed by atoms with Crippen molar-refractivity contribution in [3.63, 3.8) is 0 Å². The van der Waals surface area contributed by atoms with E-state index in [0.717, 1.165) is 17.7 Å². The molecule has 2 saturated heterocycles. The molecule has 0 radical (unpaired) electrons. The molecule has 0 bridgehead atoms. The second-order valence-electron chi connectivity index (χ2n) is 9.49. The Bertz CT molecular complexity index is 1130. The first-order valence-electron chi connectivity index (χ1n) is 11.5. The number of anilines is 1. The van der Waals surface area contributed by atoms with Crippen molar-refractivity contribution in [3.8, 4) is 5.75 Å². The Morgan fingerprint density at radius 3 is 2.88 bits per heavy atom. The van der Waals surface area contributed by atoms with Gasteiger partial charge in [-0.25, -0.2) is 4.39 Å². The molecule has 0 spiro atoms. The van der Waals surface area contributed by atoms with E-state index in [9.17, 15) is 14.0 Å². The third-order valence-electron chi connectivity index (χ3n) is 6.89. The zero-order valence-corrected chi connectivity index (χ0v) is 20.3. The van der Waals surface area contributed by atoms with E-state index in [1.165, 1.54) is 24.1 Å². The Morgan fingerprint density at radius 1 is 1.32 bits per heavy atom. The molecular formula is C24H29FN4O4S. The van der Waals surface area contributed by atoms with Gasteiger partial charge in [0.1, 0.15) is 11.4 Å². The summed E-state index contributed by atoms with van der Waals surface area (Å²) in [5.74, 6) is -0.0189. The van der Waals surface area contributed by atoms with Gasteiger partial charge < -0.3 is 24.3 Å². The van der Waals surface area contributed by atoms with Crippen molar-refractivity contribution < 1.29 is 23.5 Å². The average molecular weight is 489 g/mol. The van der Waals surface area contributed by atoms with Crippen molar-refractivity contribution in [1.29, 1.82) is 0 Å². The lowest BCUT2D eigenvalue weighted by Crippen LogP contribution is -2.46. The van der Waals surface area contributed by atoms with Crippen LogP contribution in [-0.2, 0) is 16.6 Å². The largest absolute Gasteiger partial charge is 0.489 e. The van der Waals surface area contributed by atoms with Gasteiger partial charge in [0.2, 0.25) is 0 Å². The van der Waals surface area contributed by atoms with E-state index in [1.54, 1.807) is 24.6 Å². The van der Waals surface area contributed by atoms with E-state index in [1.807, 2.05) is 18.0 Å². The number of hydrogen-bond donors (Lipinski definition) is 2. The van der Waals surface area contributed by atoms with Crippen molar-refractivity contribution in [2.75, 3.05) is 31.6 Å². The molecule has 3 aliphatic heterocycles. The Hall–Kier alpha value is -2.56. The molecule has 2 fully saturated rings. The molecule has 5 rings (SSSR count). The van der Waals surface area contributed by atoms with Gasteiger partial charge in [-0.15, -0.1) is 0 Å². The van der Waals surface area contributed by atoms with Crippen molar-refractivity contribution in [1.82, 2.24) is 14.2 Å². The third-order valence-corrected chi connectivity index (χ3v) is 7.83. The first-order chi connectivity index (χ1) is 16.2. The molecule has 3 unspecified atom stereocenters. The van der Waals surface area contributed by atoms with Gasteiger partial charge in [-0.05, 0) is 62.4 Å². The number of nitrogens with one attached hydrogen (secondary N) is 2. The molecule has 2 amide bonds. The van der Waals surface area contributed by atoms with Crippen molar-refractivity contribution in [2.24, 2.45) is 13.0 Å². The Morgan fingerprint density at radius 2 is 2.15 bits per heavy atom. The second kappa shape index (κ2) is 8.90. The minimum atomic E-state index is -0.734. The zero-order valence-electron chi connectivity index (χ0n) is 19.5. The summed E-state index contributed by atoms with van der Waals surface area (Å²) in [5, 5.41) is 2.84. The smallest absolute Gasteiger partial charge is 0.276 e. The van der Waals surface area contributed by atoms with Crippen LogP contribution in [0.3, 0.4) is 0 Å². The standard InChI is InChI=1S/C24H29FN4O4S/c1-14-9-16(5-6-17(14)25)26-22(30)20-21-19(12-28(20)3)34-27-18-11-29(10-15(18)13-32-21)23(31)24(2)7-4-8-33-24/h5-6,9,12,15,18,27H,4,7-8,10-11,13H2,1-3H3,(H,26,30). The molecule has 2 aromatic rings. The predicted octanol–water partition coefficient (Wildman–Crippen LogP) is 3.11. The number of hydrogen-bond acceptors (Lipinski definition) is 6. The monoisotopic (exact) mass is 488 g/mol. The van der Waals surface area contributed by atoms with Crippen LogP contribution in [0.1, 0.15) is 35.8 Å². The summed E-state index contributed by atoms with van der Waals surface area (Å²) in [6.07, 6.45) is 3.50. The van der Waals surface area contributed by atoms with Crippen LogP contribution in [-0.4, -0.2) is 59.2 Å². The van der Waals surface area contributed by atoms with Gasteiger partial charge in [0.05, 0.1) is 11.5 Å². The lowest BCUT2D eigenvalue weighted by molar-refractivity contribution is -0.150. The summed E-state index contributed by atoms with van der Waals surface area (Å²) in [5.41, 5.74) is 0.631. The lowest BCUT2D eigenvalue weighted by Gasteiger charge is -2.28. The number of aromatic nitrogens is 1. The molecule has 3 aliphatic rings. The first kappa shape index (κ1) is 23.2. The number of amides is 2. The van der Waals surface area contributed by atoms with Crippen LogP contribution in [0.2, 0.25) is 0 Å². The van der Waals surface area contributed by atoms with Gasteiger partial charge in [-0.2, -0.15) is 0 Å². The maximum atomic E-state index is 13.6. The number of likely N-dealkylation sites (tertiary alicyclic amines) is 1. The normalized spacial score (nSPS) is 26.3. The molecular weight excluding hydrogens is 459 g/mol. The number of benzene rings is 1. The fourth-order valence-corrected chi connectivity index (χ4v) is 5.92. The number of ether oxygens (including phenoxy) is 2. The highest BCUT2D eigenvalue weighted by Gasteiger charge is 2.45. The van der Waals surface area contributed by atoms with Gasteiger partial charge in [0.25, 0.3) is 11.8 Å². The van der Waals surface area contributed by atoms with E-state index in [4.69, 9.17) is 9.47 Å². The molecule has 1 aromatic heterocycles. The summed E-state index contributed by atoms with van der Waals surface area (Å²) in [4.78, 5) is 28.9. The Balaban J connectivity index is 1.31. The molecule has 3 atom stereocenters. The maximum absolute atomic E-state index is 13.6. The number of carbonyl (C=O) groups excluding carboxylic acids is 2. The molecule has 1 aromatic carbocycles. The van der Waals surface area contributed by atoms with Gasteiger partial charge >= 0.3 is 0 Å². The van der Waals surface area contributed by atoms with Crippen LogP contribution in [0.4, 0.5) is 10.1 Å². The summed E-state index contributed by atoms with van der Waals surface area (Å²) in [7, 11) is 1.79. The van der Waals surface area contributed by atoms with E-state index >= 15 is 0 Å². The van der Waals surface area contributed by atoms with Gasteiger partial charge in [-0.3, -0.25) is 14.3 Å². The van der Waals surface area contributed by atoms with Crippen LogP contribution in [0.15, 0.2) is 29.3 Å². The molecule has 4 heterocycles. The van der Waals surface area contributed by atoms with Crippen LogP contribution in [0.25, 0.3) is 0 Å². The molecule has 182 valence electrons. The minimum absolute atomic E-state index is 0.0385. The fourth-order valence-electron chi connectivity index (χ4n) is 4.92. The Labute approximate surface area is 202 Å². The third kappa shape index (κ3) is 4.18. The van der Waals surface area contributed by atoms with Gasteiger partial charge in [0.15, 0.2) is 11.4 Å². The van der Waals surface area contributed by atoms with Crippen molar-refractivity contribution in [3.05, 3.63) is 41.5 Å². The predicted molar refractivity (Wildman–Crippen MR) is 126 cm³/mol. The summed E-state index contributed by atoms with van der Waals surface area (Å²) in [6.45, 7) is 5.71. The van der Waals surface area contributed by atoms with Gasteiger partial charge in [0, 0.05) is 50.6 Å². The minimum Gasteiger partial charge on any atom is -0.489 e. The van der Waals surface area contributed by atoms with Crippen LogP contribution in [0.5, 0.6) is 5.75 Å². The number of nitrogens with zero attached hydrogens (tertiary/aromatic N) is 2.